The number of benzene rings is 1. The van der Waals surface area contributed by atoms with Gasteiger partial charge in [-0.3, -0.25) is 9.59 Å². The van der Waals surface area contributed by atoms with Crippen LogP contribution in [0.3, 0.4) is 0 Å². The zero-order valence-corrected chi connectivity index (χ0v) is 15.1. The van der Waals surface area contributed by atoms with E-state index in [9.17, 15) is 14.4 Å². The number of nitrogens with zero attached hydrogens (tertiary/aromatic N) is 1. The van der Waals surface area contributed by atoms with Gasteiger partial charge < -0.3 is 14.1 Å². The molecule has 0 saturated carbocycles. The van der Waals surface area contributed by atoms with Crippen molar-refractivity contribution in [3.8, 4) is 0 Å². The van der Waals surface area contributed by atoms with Crippen LogP contribution in [0.15, 0.2) is 33.5 Å². The lowest BCUT2D eigenvalue weighted by molar-refractivity contribution is -0.151. The largest absolute Gasteiger partial charge is 0.466 e. The Bertz CT molecular complexity index is 885. The summed E-state index contributed by atoms with van der Waals surface area (Å²) in [5, 5.41) is 0.766. The molecule has 6 nitrogen and oxygen atoms in total. The normalized spacial score (nSPS) is 17.3. The molecule has 1 aromatic heterocycles. The quantitative estimate of drug-likeness (QED) is 0.620. The van der Waals surface area contributed by atoms with E-state index in [1.165, 1.54) is 6.07 Å². The molecule has 1 unspecified atom stereocenters. The second-order valence-corrected chi connectivity index (χ2v) is 6.70. The predicted molar refractivity (Wildman–Crippen MR) is 96.9 cm³/mol. The molecule has 1 aliphatic heterocycles. The van der Waals surface area contributed by atoms with Crippen molar-refractivity contribution in [2.75, 3.05) is 19.7 Å². The molecule has 1 aliphatic rings. The van der Waals surface area contributed by atoms with Crippen LogP contribution in [0.1, 0.15) is 30.9 Å². The first-order chi connectivity index (χ1) is 12.5. The average molecular weight is 357 g/mol. The minimum atomic E-state index is -0.464. The number of likely N-dealkylation sites (tertiary alicyclic amines) is 1. The van der Waals surface area contributed by atoms with E-state index in [0.29, 0.717) is 30.8 Å². The van der Waals surface area contributed by atoms with Crippen LogP contribution in [0.4, 0.5) is 0 Å². The minimum absolute atomic E-state index is 0.0912. The molecule has 1 fully saturated rings. The van der Waals surface area contributed by atoms with Gasteiger partial charge in [0.25, 0.3) is 0 Å². The number of piperidine rings is 1. The average Bonchev–Trinajstić information content (AvgIpc) is 2.61. The van der Waals surface area contributed by atoms with Crippen molar-refractivity contribution >= 4 is 22.8 Å². The van der Waals surface area contributed by atoms with Gasteiger partial charge >= 0.3 is 11.6 Å². The molecule has 0 N–H and O–H groups in total. The number of hydrogen-bond acceptors (Lipinski definition) is 5. The number of esters is 1. The highest BCUT2D eigenvalue weighted by atomic mass is 16.5. The molecule has 1 saturated heterocycles. The minimum Gasteiger partial charge on any atom is -0.466 e. The molecule has 0 bridgehead atoms. The first-order valence-corrected chi connectivity index (χ1v) is 8.95. The van der Waals surface area contributed by atoms with Gasteiger partial charge in [-0.15, -0.1) is 0 Å². The van der Waals surface area contributed by atoms with Crippen LogP contribution in [0, 0.1) is 12.8 Å². The van der Waals surface area contributed by atoms with Crippen LogP contribution in [-0.2, 0) is 20.7 Å². The smallest absolute Gasteiger partial charge is 0.336 e. The number of hydrogen-bond donors (Lipinski definition) is 0. The topological polar surface area (TPSA) is 76.8 Å². The fraction of sp³-hybridized carbons (Fsp3) is 0.450. The number of amides is 1. The lowest BCUT2D eigenvalue weighted by Crippen LogP contribution is -2.43. The Morgan fingerprint density at radius 3 is 2.88 bits per heavy atom. The second kappa shape index (κ2) is 7.72. The van der Waals surface area contributed by atoms with E-state index in [0.717, 1.165) is 23.8 Å². The van der Waals surface area contributed by atoms with Gasteiger partial charge in [0.05, 0.1) is 18.9 Å². The summed E-state index contributed by atoms with van der Waals surface area (Å²) in [6, 6.07) is 6.96. The molecular weight excluding hydrogens is 334 g/mol. The van der Waals surface area contributed by atoms with Crippen LogP contribution in [0.25, 0.3) is 11.0 Å². The fourth-order valence-electron chi connectivity index (χ4n) is 3.41. The van der Waals surface area contributed by atoms with Crippen molar-refractivity contribution in [3.63, 3.8) is 0 Å². The molecule has 26 heavy (non-hydrogen) atoms. The summed E-state index contributed by atoms with van der Waals surface area (Å²) in [6.45, 7) is 5.02. The Labute approximate surface area is 151 Å². The summed E-state index contributed by atoms with van der Waals surface area (Å²) in [6.07, 6.45) is 1.62. The molecule has 3 rings (SSSR count). The van der Waals surface area contributed by atoms with Crippen LogP contribution < -0.4 is 5.63 Å². The van der Waals surface area contributed by atoms with Gasteiger partial charge in [-0.2, -0.15) is 0 Å². The van der Waals surface area contributed by atoms with Gasteiger partial charge in [0.15, 0.2) is 0 Å². The predicted octanol–water partition coefficient (Wildman–Crippen LogP) is 2.45. The molecule has 1 atom stereocenters. The van der Waals surface area contributed by atoms with Gasteiger partial charge in [0.1, 0.15) is 5.58 Å². The first kappa shape index (κ1) is 18.2. The van der Waals surface area contributed by atoms with Gasteiger partial charge in [-0.25, -0.2) is 4.79 Å². The number of carbonyl (C=O) groups excluding carboxylic acids is 2. The zero-order valence-electron chi connectivity index (χ0n) is 15.1. The van der Waals surface area contributed by atoms with Gasteiger partial charge in [-0.05, 0) is 43.9 Å². The van der Waals surface area contributed by atoms with E-state index < -0.39 is 5.63 Å². The Kier molecular flexibility index (Phi) is 5.40. The highest BCUT2D eigenvalue weighted by molar-refractivity contribution is 5.87. The Morgan fingerprint density at radius 1 is 1.31 bits per heavy atom. The number of fused-ring (bicyclic) bond motifs is 1. The Hall–Kier alpha value is -2.63. The second-order valence-electron chi connectivity index (χ2n) is 6.70. The van der Waals surface area contributed by atoms with E-state index in [1.807, 2.05) is 19.1 Å². The fourth-order valence-corrected chi connectivity index (χ4v) is 3.41. The van der Waals surface area contributed by atoms with Crippen LogP contribution in [0.2, 0.25) is 0 Å². The molecule has 0 aliphatic carbocycles. The molecule has 0 spiro atoms. The number of carbonyl (C=O) groups is 2. The maximum absolute atomic E-state index is 12.8. The SMILES string of the molecule is CCOC(=O)C1CCCN(C(=O)Cc2cc(=O)oc3cc(C)ccc23)C1. The number of ether oxygens (including phenoxy) is 1. The highest BCUT2D eigenvalue weighted by Crippen LogP contribution is 2.22. The van der Waals surface area contributed by atoms with Gasteiger partial charge in [-0.1, -0.05) is 12.1 Å². The maximum atomic E-state index is 12.8. The molecule has 138 valence electrons. The third kappa shape index (κ3) is 3.95. The molecule has 2 aromatic rings. The van der Waals surface area contributed by atoms with E-state index >= 15 is 0 Å². The molecule has 1 aromatic carbocycles. The summed E-state index contributed by atoms with van der Waals surface area (Å²) >= 11 is 0. The molecule has 0 radical (unpaired) electrons. The molecule has 1 amide bonds. The van der Waals surface area contributed by atoms with Crippen molar-refractivity contribution in [1.82, 2.24) is 4.90 Å². The van der Waals surface area contributed by atoms with E-state index in [4.69, 9.17) is 9.15 Å². The van der Waals surface area contributed by atoms with Crippen LogP contribution in [-0.4, -0.2) is 36.5 Å². The van der Waals surface area contributed by atoms with Crippen LogP contribution in [0.5, 0.6) is 0 Å². The van der Waals surface area contributed by atoms with Crippen molar-refractivity contribution in [1.29, 1.82) is 0 Å². The first-order valence-electron chi connectivity index (χ1n) is 8.95. The molecular formula is C20H23NO5. The lowest BCUT2D eigenvalue weighted by atomic mass is 9.97. The zero-order chi connectivity index (χ0) is 18.7. The number of aryl methyl sites for hydroxylation is 1. The summed E-state index contributed by atoms with van der Waals surface area (Å²) in [4.78, 5) is 38.2. The van der Waals surface area contributed by atoms with Gasteiger partial charge in [0.2, 0.25) is 5.91 Å². The molecule has 2 heterocycles. The monoisotopic (exact) mass is 357 g/mol. The highest BCUT2D eigenvalue weighted by Gasteiger charge is 2.29. The lowest BCUT2D eigenvalue weighted by Gasteiger charge is -2.31. The van der Waals surface area contributed by atoms with Crippen LogP contribution >= 0.6 is 0 Å². The summed E-state index contributed by atoms with van der Waals surface area (Å²) in [5.74, 6) is -0.606. The van der Waals surface area contributed by atoms with Crippen molar-refractivity contribution in [2.45, 2.75) is 33.1 Å². The van der Waals surface area contributed by atoms with E-state index in [1.54, 1.807) is 17.9 Å². The third-order valence-corrected chi connectivity index (χ3v) is 4.72. The van der Waals surface area contributed by atoms with Crippen molar-refractivity contribution in [3.05, 3.63) is 45.8 Å². The Morgan fingerprint density at radius 2 is 2.12 bits per heavy atom. The van der Waals surface area contributed by atoms with Crippen molar-refractivity contribution < 1.29 is 18.7 Å². The molecule has 6 heteroatoms. The Balaban J connectivity index is 1.78. The van der Waals surface area contributed by atoms with Gasteiger partial charge in [0, 0.05) is 24.5 Å². The van der Waals surface area contributed by atoms with Crippen molar-refractivity contribution in [2.24, 2.45) is 5.92 Å². The summed E-state index contributed by atoms with van der Waals surface area (Å²) in [5.41, 5.74) is 1.66. The standard InChI is InChI=1S/C20H23NO5/c1-3-25-20(24)14-5-4-8-21(12-14)18(22)10-15-11-19(23)26-17-9-13(2)6-7-16(15)17/h6-7,9,11,14H,3-5,8,10,12H2,1-2H3. The third-order valence-electron chi connectivity index (χ3n) is 4.72. The summed E-state index contributed by atoms with van der Waals surface area (Å²) < 4.78 is 10.3. The maximum Gasteiger partial charge on any atom is 0.336 e. The van der Waals surface area contributed by atoms with E-state index in [2.05, 4.69) is 0 Å². The van der Waals surface area contributed by atoms with E-state index in [-0.39, 0.29) is 24.2 Å². The summed E-state index contributed by atoms with van der Waals surface area (Å²) in [7, 11) is 0. The number of rotatable bonds is 4.